The molecular formula is C24H29FN2O3. The molecule has 0 radical (unpaired) electrons. The van der Waals surface area contributed by atoms with Crippen LogP contribution in [-0.4, -0.2) is 34.0 Å². The van der Waals surface area contributed by atoms with Gasteiger partial charge in [-0.15, -0.1) is 0 Å². The second-order valence-corrected chi connectivity index (χ2v) is 8.88. The fraction of sp³-hybridized carbons (Fsp3) is 0.417. The normalized spacial score (nSPS) is 15.5. The molecule has 0 atom stereocenters. The largest absolute Gasteiger partial charge is 0.459 e. The van der Waals surface area contributed by atoms with Crippen LogP contribution in [0.15, 0.2) is 30.5 Å². The number of hydrogen-bond acceptors (Lipinski definition) is 3. The summed E-state index contributed by atoms with van der Waals surface area (Å²) in [6, 6.07) is 6.36. The molecule has 6 heteroatoms. The van der Waals surface area contributed by atoms with Crippen molar-refractivity contribution in [1.82, 2.24) is 9.47 Å². The summed E-state index contributed by atoms with van der Waals surface area (Å²) in [6.07, 6.45) is 1.29. The molecule has 5 nitrogen and oxygen atoms in total. The van der Waals surface area contributed by atoms with Crippen LogP contribution in [0.25, 0.3) is 5.57 Å². The number of hydrogen-bond donors (Lipinski definition) is 0. The van der Waals surface area contributed by atoms with Gasteiger partial charge in [0, 0.05) is 36.5 Å². The van der Waals surface area contributed by atoms with Gasteiger partial charge in [0.15, 0.2) is 0 Å². The number of carbonyl (C=O) groups excluding carboxylic acids is 2. The second kappa shape index (κ2) is 7.74. The third-order valence-electron chi connectivity index (χ3n) is 5.54. The maximum absolute atomic E-state index is 13.7. The van der Waals surface area contributed by atoms with Gasteiger partial charge in [-0.25, -0.2) is 9.18 Å². The standard InChI is InChI=1S/C24H29FN2O3/c1-14(2)30-23(29)18-12-27(22(28)17-8-9-20(25)15(3)10-17)13-24(5,6)19-11-16(4)26(7)21(18)19/h8-12,14H,13H2,1-7H3. The molecule has 0 spiro atoms. The molecule has 0 bridgehead atoms. The summed E-state index contributed by atoms with van der Waals surface area (Å²) in [5, 5.41) is 0. The smallest absolute Gasteiger partial charge is 0.342 e. The minimum absolute atomic E-state index is 0.287. The molecule has 30 heavy (non-hydrogen) atoms. The Bertz CT molecular complexity index is 1050. The number of esters is 1. The fourth-order valence-corrected chi connectivity index (χ4v) is 3.85. The number of halogens is 1. The highest BCUT2D eigenvalue weighted by Gasteiger charge is 2.37. The number of amides is 1. The quantitative estimate of drug-likeness (QED) is 0.697. The number of ether oxygens (including phenoxy) is 1. The molecule has 160 valence electrons. The molecule has 3 rings (SSSR count). The van der Waals surface area contributed by atoms with E-state index in [2.05, 4.69) is 6.07 Å². The number of fused-ring (bicyclic) bond motifs is 1. The van der Waals surface area contributed by atoms with Crippen molar-refractivity contribution in [3.8, 4) is 0 Å². The van der Waals surface area contributed by atoms with Crippen molar-refractivity contribution in [2.24, 2.45) is 7.05 Å². The second-order valence-electron chi connectivity index (χ2n) is 8.88. The summed E-state index contributed by atoms with van der Waals surface area (Å²) in [5.74, 6) is -1.12. The molecule has 2 aromatic rings. The van der Waals surface area contributed by atoms with Gasteiger partial charge in [-0.2, -0.15) is 0 Å². The molecule has 1 aromatic heterocycles. The number of aromatic nitrogens is 1. The third kappa shape index (κ3) is 3.91. The highest BCUT2D eigenvalue weighted by Crippen LogP contribution is 2.38. The van der Waals surface area contributed by atoms with E-state index in [1.807, 2.05) is 32.4 Å². The Morgan fingerprint density at radius 2 is 1.83 bits per heavy atom. The van der Waals surface area contributed by atoms with Crippen molar-refractivity contribution in [2.75, 3.05) is 6.54 Å². The van der Waals surface area contributed by atoms with Crippen LogP contribution >= 0.6 is 0 Å². The molecule has 0 aliphatic carbocycles. The molecule has 0 fully saturated rings. The van der Waals surface area contributed by atoms with Crippen LogP contribution < -0.4 is 0 Å². The lowest BCUT2D eigenvalue weighted by atomic mass is 9.83. The number of benzene rings is 1. The zero-order chi connectivity index (χ0) is 22.4. The summed E-state index contributed by atoms with van der Waals surface area (Å²) in [5.41, 5.74) is 3.46. The van der Waals surface area contributed by atoms with Gasteiger partial charge in [0.25, 0.3) is 5.91 Å². The van der Waals surface area contributed by atoms with E-state index in [0.29, 0.717) is 23.2 Å². The molecule has 1 aliphatic rings. The van der Waals surface area contributed by atoms with E-state index in [1.54, 1.807) is 31.9 Å². The van der Waals surface area contributed by atoms with E-state index in [9.17, 15) is 14.0 Å². The van der Waals surface area contributed by atoms with Crippen molar-refractivity contribution in [3.05, 3.63) is 64.4 Å². The minimum Gasteiger partial charge on any atom is -0.459 e. The Kier molecular flexibility index (Phi) is 5.63. The zero-order valence-electron chi connectivity index (χ0n) is 18.7. The van der Waals surface area contributed by atoms with Crippen molar-refractivity contribution >= 4 is 17.4 Å². The van der Waals surface area contributed by atoms with E-state index in [-0.39, 0.29) is 17.8 Å². The van der Waals surface area contributed by atoms with Crippen molar-refractivity contribution < 1.29 is 18.7 Å². The van der Waals surface area contributed by atoms with Crippen LogP contribution in [-0.2, 0) is 22.0 Å². The SMILES string of the molecule is Cc1cc(C(=O)N2C=C(C(=O)OC(C)C)c3c(cc(C)n3C)C(C)(C)C2)ccc1F. The van der Waals surface area contributed by atoms with E-state index >= 15 is 0 Å². The first-order valence-electron chi connectivity index (χ1n) is 10.1. The van der Waals surface area contributed by atoms with E-state index < -0.39 is 11.4 Å². The maximum Gasteiger partial charge on any atom is 0.342 e. The lowest BCUT2D eigenvalue weighted by Gasteiger charge is -2.29. The van der Waals surface area contributed by atoms with Gasteiger partial charge in [0.2, 0.25) is 0 Å². The first-order chi connectivity index (χ1) is 13.9. The predicted octanol–water partition coefficient (Wildman–Crippen LogP) is 4.51. The lowest BCUT2D eigenvalue weighted by molar-refractivity contribution is -0.140. The summed E-state index contributed by atoms with van der Waals surface area (Å²) in [6.45, 7) is 11.7. The Balaban J connectivity index is 2.16. The Morgan fingerprint density at radius 1 is 1.17 bits per heavy atom. The van der Waals surface area contributed by atoms with Gasteiger partial charge in [0.1, 0.15) is 5.82 Å². The summed E-state index contributed by atoms with van der Waals surface area (Å²) >= 11 is 0. The van der Waals surface area contributed by atoms with Crippen LogP contribution in [0.5, 0.6) is 0 Å². The van der Waals surface area contributed by atoms with Gasteiger partial charge in [-0.1, -0.05) is 13.8 Å². The van der Waals surface area contributed by atoms with Gasteiger partial charge in [0.05, 0.1) is 17.4 Å². The van der Waals surface area contributed by atoms with E-state index in [0.717, 1.165) is 17.0 Å². The molecule has 1 amide bonds. The summed E-state index contributed by atoms with van der Waals surface area (Å²) in [7, 11) is 1.90. The zero-order valence-corrected chi connectivity index (χ0v) is 18.7. The molecule has 0 unspecified atom stereocenters. The fourth-order valence-electron chi connectivity index (χ4n) is 3.85. The Labute approximate surface area is 177 Å². The van der Waals surface area contributed by atoms with Crippen LogP contribution in [0.4, 0.5) is 4.39 Å². The van der Waals surface area contributed by atoms with Gasteiger partial charge < -0.3 is 14.2 Å². The predicted molar refractivity (Wildman–Crippen MR) is 115 cm³/mol. The van der Waals surface area contributed by atoms with Crippen molar-refractivity contribution in [3.63, 3.8) is 0 Å². The van der Waals surface area contributed by atoms with E-state index in [1.165, 1.54) is 18.2 Å². The number of carbonyl (C=O) groups is 2. The number of nitrogens with zero attached hydrogens (tertiary/aromatic N) is 2. The van der Waals surface area contributed by atoms with Gasteiger partial charge in [-0.05, 0) is 63.1 Å². The van der Waals surface area contributed by atoms with E-state index in [4.69, 9.17) is 4.74 Å². The molecular weight excluding hydrogens is 383 g/mol. The van der Waals surface area contributed by atoms with Crippen LogP contribution in [0.3, 0.4) is 0 Å². The van der Waals surface area contributed by atoms with Gasteiger partial charge >= 0.3 is 5.97 Å². The number of aryl methyl sites for hydroxylation is 2. The molecule has 0 saturated carbocycles. The van der Waals surface area contributed by atoms with Crippen molar-refractivity contribution in [2.45, 2.75) is 53.1 Å². The first-order valence-corrected chi connectivity index (χ1v) is 10.1. The monoisotopic (exact) mass is 412 g/mol. The molecule has 0 N–H and O–H groups in total. The Hall–Kier alpha value is -2.89. The third-order valence-corrected chi connectivity index (χ3v) is 5.54. The Morgan fingerprint density at radius 3 is 2.43 bits per heavy atom. The molecule has 1 aromatic carbocycles. The summed E-state index contributed by atoms with van der Waals surface area (Å²) in [4.78, 5) is 27.9. The summed E-state index contributed by atoms with van der Waals surface area (Å²) < 4.78 is 21.2. The van der Waals surface area contributed by atoms with Crippen molar-refractivity contribution in [1.29, 1.82) is 0 Å². The van der Waals surface area contributed by atoms with Gasteiger partial charge in [-0.3, -0.25) is 4.79 Å². The van der Waals surface area contributed by atoms with Crippen LogP contribution in [0, 0.1) is 19.7 Å². The highest BCUT2D eigenvalue weighted by molar-refractivity contribution is 6.17. The molecule has 2 heterocycles. The number of rotatable bonds is 3. The maximum atomic E-state index is 13.7. The minimum atomic E-state index is -0.474. The average molecular weight is 413 g/mol. The highest BCUT2D eigenvalue weighted by atomic mass is 19.1. The van der Waals surface area contributed by atoms with Crippen LogP contribution in [0.1, 0.15) is 60.6 Å². The molecule has 0 saturated heterocycles. The average Bonchev–Trinajstić information content (AvgIpc) is 2.88. The molecule has 1 aliphatic heterocycles. The first kappa shape index (κ1) is 21.8. The topological polar surface area (TPSA) is 51.5 Å². The van der Waals surface area contributed by atoms with Crippen LogP contribution in [0.2, 0.25) is 0 Å². The lowest BCUT2D eigenvalue weighted by Crippen LogP contribution is -2.36.